The second-order valence-corrected chi connectivity index (χ2v) is 13.8. The predicted octanol–water partition coefficient (Wildman–Crippen LogP) is 0.765. The average molecular weight is 551 g/mol. The first-order valence-corrected chi connectivity index (χ1v) is 14.7. The lowest BCUT2D eigenvalue weighted by Gasteiger charge is -2.66. The highest BCUT2D eigenvalue weighted by Crippen LogP contribution is 2.70. The fourth-order valence-corrected chi connectivity index (χ4v) is 10.4. The van der Waals surface area contributed by atoms with Gasteiger partial charge in [0.25, 0.3) is 0 Å². The molecule has 39 heavy (non-hydrogen) atoms. The van der Waals surface area contributed by atoms with E-state index in [4.69, 9.17) is 18.9 Å². The van der Waals surface area contributed by atoms with Gasteiger partial charge >= 0.3 is 5.97 Å². The lowest BCUT2D eigenvalue weighted by molar-refractivity contribution is -0.459. The molecule has 0 aromatic carbocycles. The Hall–Kier alpha value is -1.11. The van der Waals surface area contributed by atoms with Crippen molar-refractivity contribution >= 4 is 5.97 Å². The standard InChI is InChI=1S/C29H42O10/c1-14-7-23(32)29(35)25(37-14)38-20-9-16-3-4-18-19(27(16,13-30)11-21(20)39-29)10-22(31)26(2)17(5-6-28(18,26)34)15-8-24(33)36-12-15/h8,14,16-23,25,30-32,34-35H,3-7,9-13H2,1-2H3/t14-,16+,17-,18-,19+,20-,21-,22-,23-,25+,26+,27-,28-,29+/m1/s1. The number of carbonyl (C=O) groups excluding carboxylic acids is 1. The zero-order valence-corrected chi connectivity index (χ0v) is 22.7. The Morgan fingerprint density at radius 3 is 2.51 bits per heavy atom. The molecule has 5 N–H and O–H groups in total. The van der Waals surface area contributed by atoms with E-state index in [1.165, 1.54) is 6.08 Å². The summed E-state index contributed by atoms with van der Waals surface area (Å²) in [7, 11) is 0. The first kappa shape index (κ1) is 26.8. The fourth-order valence-electron chi connectivity index (χ4n) is 10.4. The predicted molar refractivity (Wildman–Crippen MR) is 134 cm³/mol. The van der Waals surface area contributed by atoms with Crippen LogP contribution in [0.5, 0.6) is 0 Å². The van der Waals surface area contributed by atoms with Crippen LogP contribution in [0.4, 0.5) is 0 Å². The number of rotatable bonds is 2. The highest BCUT2D eigenvalue weighted by Gasteiger charge is 2.72. The van der Waals surface area contributed by atoms with Crippen LogP contribution in [0.25, 0.3) is 0 Å². The van der Waals surface area contributed by atoms with Crippen LogP contribution in [0.1, 0.15) is 65.2 Å². The van der Waals surface area contributed by atoms with Crippen molar-refractivity contribution < 1.29 is 49.3 Å². The molecule has 7 rings (SSSR count). The summed E-state index contributed by atoms with van der Waals surface area (Å²) >= 11 is 0. The molecule has 218 valence electrons. The highest BCUT2D eigenvalue weighted by molar-refractivity contribution is 5.85. The first-order chi connectivity index (χ1) is 18.5. The summed E-state index contributed by atoms with van der Waals surface area (Å²) in [6.07, 6.45) is 1.65. The van der Waals surface area contributed by atoms with Gasteiger partial charge in [-0.25, -0.2) is 4.79 Å². The zero-order chi connectivity index (χ0) is 27.5. The SMILES string of the molecule is C[C@@H]1C[C@@H](O)[C@]2(O)O[C@@H]3C[C@@]4(CO)[C@@H](CC[C@@H]5[C@@H]4C[C@@H](O)[C@]4(C)[C@@H](C6=CC(=O)OC6)CC[C@@]54O)C[C@H]3O[C@@H]2O1. The Kier molecular flexibility index (Phi) is 5.97. The molecule has 2 saturated heterocycles. The lowest BCUT2D eigenvalue weighted by atomic mass is 9.42. The number of ether oxygens (including phenoxy) is 4. The third kappa shape index (κ3) is 3.40. The van der Waals surface area contributed by atoms with E-state index in [-0.39, 0.29) is 61.5 Å². The van der Waals surface area contributed by atoms with Gasteiger partial charge in [-0.2, -0.15) is 0 Å². The molecule has 0 aromatic heterocycles. The molecule has 0 spiro atoms. The lowest BCUT2D eigenvalue weighted by Crippen LogP contribution is -2.72. The van der Waals surface area contributed by atoms with Gasteiger partial charge in [0.2, 0.25) is 12.1 Å². The minimum atomic E-state index is -1.98. The third-order valence-electron chi connectivity index (χ3n) is 12.4. The molecule has 4 saturated carbocycles. The maximum atomic E-state index is 12.5. The minimum Gasteiger partial charge on any atom is -0.458 e. The van der Waals surface area contributed by atoms with Crippen molar-refractivity contribution in [3.63, 3.8) is 0 Å². The van der Waals surface area contributed by atoms with Gasteiger partial charge in [0.15, 0.2) is 0 Å². The topological polar surface area (TPSA) is 155 Å². The number of carbonyl (C=O) groups is 1. The second-order valence-electron chi connectivity index (χ2n) is 13.8. The average Bonchev–Trinajstić information content (AvgIpc) is 3.44. The number of esters is 1. The number of hydrogen-bond acceptors (Lipinski definition) is 10. The summed E-state index contributed by atoms with van der Waals surface area (Å²) in [5.74, 6) is -2.72. The second kappa shape index (κ2) is 8.70. The molecule has 4 aliphatic carbocycles. The Morgan fingerprint density at radius 1 is 1.00 bits per heavy atom. The highest BCUT2D eigenvalue weighted by atomic mass is 16.8. The van der Waals surface area contributed by atoms with E-state index in [1.54, 1.807) is 0 Å². The molecular formula is C29H42O10. The summed E-state index contributed by atoms with van der Waals surface area (Å²) in [6, 6.07) is 0. The van der Waals surface area contributed by atoms with Gasteiger partial charge in [-0.1, -0.05) is 6.92 Å². The quantitative estimate of drug-likeness (QED) is 0.246. The van der Waals surface area contributed by atoms with Gasteiger partial charge in [0, 0.05) is 29.9 Å². The normalized spacial score (nSPS) is 58.3. The van der Waals surface area contributed by atoms with Crippen molar-refractivity contribution in [3.05, 3.63) is 11.6 Å². The van der Waals surface area contributed by atoms with Crippen molar-refractivity contribution in [1.29, 1.82) is 0 Å². The van der Waals surface area contributed by atoms with E-state index in [0.29, 0.717) is 32.1 Å². The summed E-state index contributed by atoms with van der Waals surface area (Å²) in [5.41, 5.74) is -1.78. The summed E-state index contributed by atoms with van der Waals surface area (Å²) in [4.78, 5) is 11.8. The maximum Gasteiger partial charge on any atom is 0.331 e. The van der Waals surface area contributed by atoms with Gasteiger partial charge in [0.05, 0.1) is 30.0 Å². The minimum absolute atomic E-state index is 0.0895. The van der Waals surface area contributed by atoms with Gasteiger partial charge in [0.1, 0.15) is 12.7 Å². The van der Waals surface area contributed by atoms with Crippen LogP contribution in [0, 0.1) is 34.5 Å². The largest absolute Gasteiger partial charge is 0.458 e. The van der Waals surface area contributed by atoms with Crippen LogP contribution < -0.4 is 0 Å². The van der Waals surface area contributed by atoms with Crippen molar-refractivity contribution in [3.8, 4) is 0 Å². The number of hydrogen-bond donors (Lipinski definition) is 5. The van der Waals surface area contributed by atoms with Gasteiger partial charge in [-0.3, -0.25) is 0 Å². The first-order valence-electron chi connectivity index (χ1n) is 14.7. The molecule has 10 nitrogen and oxygen atoms in total. The molecule has 0 unspecified atom stereocenters. The molecule has 10 heteroatoms. The van der Waals surface area contributed by atoms with Gasteiger partial charge < -0.3 is 44.5 Å². The molecule has 0 amide bonds. The van der Waals surface area contributed by atoms with E-state index in [9.17, 15) is 30.3 Å². The third-order valence-corrected chi connectivity index (χ3v) is 12.4. The molecular weight excluding hydrogens is 508 g/mol. The smallest absolute Gasteiger partial charge is 0.331 e. The van der Waals surface area contributed by atoms with Crippen LogP contribution in [0.2, 0.25) is 0 Å². The van der Waals surface area contributed by atoms with Crippen molar-refractivity contribution in [2.45, 2.75) is 113 Å². The van der Waals surface area contributed by atoms with Crippen LogP contribution in [-0.4, -0.2) is 92.9 Å². The van der Waals surface area contributed by atoms with E-state index in [1.807, 2.05) is 13.8 Å². The zero-order valence-electron chi connectivity index (χ0n) is 22.7. The van der Waals surface area contributed by atoms with E-state index in [2.05, 4.69) is 0 Å². The van der Waals surface area contributed by atoms with Crippen molar-refractivity contribution in [1.82, 2.24) is 0 Å². The maximum absolute atomic E-state index is 12.5. The summed E-state index contributed by atoms with van der Waals surface area (Å²) in [5, 5.41) is 57.3. The van der Waals surface area contributed by atoms with Crippen molar-refractivity contribution in [2.24, 2.45) is 34.5 Å². The molecule has 0 aromatic rings. The molecule has 3 aliphatic heterocycles. The fraction of sp³-hybridized carbons (Fsp3) is 0.897. The number of aliphatic hydroxyl groups is 5. The molecule has 0 bridgehead atoms. The van der Waals surface area contributed by atoms with Crippen molar-refractivity contribution in [2.75, 3.05) is 13.2 Å². The molecule has 0 radical (unpaired) electrons. The van der Waals surface area contributed by atoms with E-state index >= 15 is 0 Å². The molecule has 3 heterocycles. The Balaban J connectivity index is 1.20. The van der Waals surface area contributed by atoms with Crippen LogP contribution in [0.3, 0.4) is 0 Å². The van der Waals surface area contributed by atoms with Crippen LogP contribution >= 0.6 is 0 Å². The van der Waals surface area contributed by atoms with Crippen LogP contribution in [0.15, 0.2) is 11.6 Å². The summed E-state index contributed by atoms with van der Waals surface area (Å²) in [6.45, 7) is 3.87. The monoisotopic (exact) mass is 550 g/mol. The molecule has 7 aliphatic rings. The number of fused-ring (bicyclic) bond motifs is 7. The van der Waals surface area contributed by atoms with Gasteiger partial charge in [-0.05, 0) is 81.1 Å². The van der Waals surface area contributed by atoms with E-state index in [0.717, 1.165) is 18.4 Å². The Bertz CT molecular complexity index is 1060. The summed E-state index contributed by atoms with van der Waals surface area (Å²) < 4.78 is 23.5. The van der Waals surface area contributed by atoms with Crippen LogP contribution in [-0.2, 0) is 23.7 Å². The van der Waals surface area contributed by atoms with Gasteiger partial charge in [-0.15, -0.1) is 0 Å². The Labute approximate surface area is 228 Å². The van der Waals surface area contributed by atoms with E-state index < -0.39 is 46.8 Å². The molecule has 14 atom stereocenters. The number of cyclic esters (lactones) is 1. The molecule has 6 fully saturated rings. The number of aliphatic hydroxyl groups excluding tert-OH is 3. The Morgan fingerprint density at radius 2 is 1.79 bits per heavy atom.